The zero-order valence-electron chi connectivity index (χ0n) is 20.6. The van der Waals surface area contributed by atoms with Crippen LogP contribution in [0.25, 0.3) is 0 Å². The van der Waals surface area contributed by atoms with E-state index in [1.807, 2.05) is 19.1 Å². The standard InChI is InChI=1S/C28H29N3O6/c1-18-4-2-5-20(14-18)26(32)30-25(27(33)29-16-22-6-3-13-35-22)19-9-11-31(12-10-19)28(34)21-7-8-23-24(15-21)37-17-36-23/h2-8,13-15,19,25H,9-12,16-17H2,1H3,(H,29,33)(H,30,32)/t25-/m0/s1. The number of amides is 3. The average molecular weight is 504 g/mol. The molecule has 192 valence electrons. The number of aryl methyl sites for hydroxylation is 1. The van der Waals surface area contributed by atoms with Gasteiger partial charge in [0, 0.05) is 24.2 Å². The van der Waals surface area contributed by atoms with E-state index in [4.69, 9.17) is 13.9 Å². The van der Waals surface area contributed by atoms with Crippen molar-refractivity contribution < 1.29 is 28.3 Å². The Morgan fingerprint density at radius 2 is 1.78 bits per heavy atom. The molecule has 1 atom stereocenters. The molecular formula is C28H29N3O6. The van der Waals surface area contributed by atoms with Crippen LogP contribution < -0.4 is 20.1 Å². The summed E-state index contributed by atoms with van der Waals surface area (Å²) in [6, 6.07) is 15.2. The summed E-state index contributed by atoms with van der Waals surface area (Å²) in [4.78, 5) is 41.2. The minimum Gasteiger partial charge on any atom is -0.467 e. The maximum Gasteiger partial charge on any atom is 0.253 e. The molecule has 9 nitrogen and oxygen atoms in total. The molecule has 5 rings (SSSR count). The van der Waals surface area contributed by atoms with Gasteiger partial charge in [0.2, 0.25) is 12.7 Å². The highest BCUT2D eigenvalue weighted by atomic mass is 16.7. The van der Waals surface area contributed by atoms with Crippen LogP contribution in [0.1, 0.15) is 44.9 Å². The van der Waals surface area contributed by atoms with Gasteiger partial charge in [-0.05, 0) is 68.1 Å². The van der Waals surface area contributed by atoms with Gasteiger partial charge in [-0.1, -0.05) is 17.7 Å². The van der Waals surface area contributed by atoms with Crippen LogP contribution in [0.3, 0.4) is 0 Å². The topological polar surface area (TPSA) is 110 Å². The van der Waals surface area contributed by atoms with Gasteiger partial charge in [-0.2, -0.15) is 0 Å². The molecule has 2 aromatic carbocycles. The molecule has 0 bridgehead atoms. The minimum atomic E-state index is -0.745. The fourth-order valence-electron chi connectivity index (χ4n) is 4.75. The van der Waals surface area contributed by atoms with E-state index in [1.165, 1.54) is 0 Å². The van der Waals surface area contributed by atoms with Crippen LogP contribution in [-0.4, -0.2) is 48.5 Å². The van der Waals surface area contributed by atoms with Gasteiger partial charge in [-0.15, -0.1) is 0 Å². The summed E-state index contributed by atoms with van der Waals surface area (Å²) >= 11 is 0. The molecule has 9 heteroatoms. The fourth-order valence-corrected chi connectivity index (χ4v) is 4.75. The number of ether oxygens (including phenoxy) is 2. The zero-order chi connectivity index (χ0) is 25.8. The predicted molar refractivity (Wildman–Crippen MR) is 134 cm³/mol. The highest BCUT2D eigenvalue weighted by molar-refractivity contribution is 5.98. The first-order valence-corrected chi connectivity index (χ1v) is 12.3. The lowest BCUT2D eigenvalue weighted by atomic mass is 9.88. The second-order valence-electron chi connectivity index (χ2n) is 9.32. The van der Waals surface area contributed by atoms with E-state index < -0.39 is 6.04 Å². The van der Waals surface area contributed by atoms with Crippen molar-refractivity contribution in [2.45, 2.75) is 32.4 Å². The van der Waals surface area contributed by atoms with Crippen LogP contribution in [0.5, 0.6) is 11.5 Å². The summed E-state index contributed by atoms with van der Waals surface area (Å²) in [5.41, 5.74) is 1.99. The lowest BCUT2D eigenvalue weighted by Gasteiger charge is -2.36. The first kappa shape index (κ1) is 24.4. The quantitative estimate of drug-likeness (QED) is 0.512. The number of hydrogen-bond acceptors (Lipinski definition) is 6. The molecule has 0 aliphatic carbocycles. The van der Waals surface area contributed by atoms with Crippen molar-refractivity contribution in [1.29, 1.82) is 0 Å². The molecule has 3 heterocycles. The minimum absolute atomic E-state index is 0.0978. The fraction of sp³-hybridized carbons (Fsp3) is 0.321. The Kier molecular flexibility index (Phi) is 7.11. The maximum absolute atomic E-state index is 13.2. The second-order valence-corrected chi connectivity index (χ2v) is 9.32. The Labute approximate surface area is 214 Å². The monoisotopic (exact) mass is 503 g/mol. The van der Waals surface area contributed by atoms with Crippen molar-refractivity contribution >= 4 is 17.7 Å². The highest BCUT2D eigenvalue weighted by Crippen LogP contribution is 2.33. The van der Waals surface area contributed by atoms with E-state index in [0.717, 1.165) is 5.56 Å². The molecule has 1 saturated heterocycles. The van der Waals surface area contributed by atoms with Crippen LogP contribution >= 0.6 is 0 Å². The number of carbonyl (C=O) groups excluding carboxylic acids is 3. The highest BCUT2D eigenvalue weighted by Gasteiger charge is 2.34. The number of carbonyl (C=O) groups is 3. The summed E-state index contributed by atoms with van der Waals surface area (Å²) in [5.74, 6) is 1.00. The first-order chi connectivity index (χ1) is 18.0. The number of hydrogen-bond donors (Lipinski definition) is 2. The summed E-state index contributed by atoms with van der Waals surface area (Å²) in [7, 11) is 0. The molecule has 2 aliphatic heterocycles. The van der Waals surface area contributed by atoms with Crippen LogP contribution in [0.4, 0.5) is 0 Å². The molecule has 1 fully saturated rings. The number of fused-ring (bicyclic) bond motifs is 1. The van der Waals surface area contributed by atoms with Gasteiger partial charge in [0.1, 0.15) is 11.8 Å². The van der Waals surface area contributed by atoms with Crippen molar-refractivity contribution in [1.82, 2.24) is 15.5 Å². The Hall–Kier alpha value is -4.27. The van der Waals surface area contributed by atoms with Gasteiger partial charge in [-0.3, -0.25) is 14.4 Å². The molecule has 37 heavy (non-hydrogen) atoms. The number of furan rings is 1. The third kappa shape index (κ3) is 5.61. The normalized spacial score (nSPS) is 15.8. The average Bonchev–Trinajstić information content (AvgIpc) is 3.62. The molecule has 0 spiro atoms. The van der Waals surface area contributed by atoms with E-state index in [-0.39, 0.29) is 37.0 Å². The number of nitrogens with one attached hydrogen (secondary N) is 2. The first-order valence-electron chi connectivity index (χ1n) is 12.3. The Bertz CT molecular complexity index is 1280. The molecule has 0 saturated carbocycles. The smallest absolute Gasteiger partial charge is 0.253 e. The van der Waals surface area contributed by atoms with Crippen molar-refractivity contribution in [3.8, 4) is 11.5 Å². The van der Waals surface area contributed by atoms with Crippen molar-refractivity contribution in [3.05, 3.63) is 83.3 Å². The second kappa shape index (κ2) is 10.8. The van der Waals surface area contributed by atoms with Crippen LogP contribution in [0.15, 0.2) is 65.3 Å². The molecule has 3 aromatic rings. The predicted octanol–water partition coefficient (Wildman–Crippen LogP) is 3.28. The number of likely N-dealkylation sites (tertiary alicyclic amines) is 1. The molecule has 2 N–H and O–H groups in total. The van der Waals surface area contributed by atoms with E-state index in [9.17, 15) is 14.4 Å². The summed E-state index contributed by atoms with van der Waals surface area (Å²) < 4.78 is 16.0. The van der Waals surface area contributed by atoms with E-state index >= 15 is 0 Å². The molecular weight excluding hydrogens is 474 g/mol. The Morgan fingerprint density at radius 3 is 2.54 bits per heavy atom. The molecule has 0 unspecified atom stereocenters. The van der Waals surface area contributed by atoms with Crippen LogP contribution in [0.2, 0.25) is 0 Å². The Balaban J connectivity index is 1.26. The third-order valence-corrected chi connectivity index (χ3v) is 6.78. The SMILES string of the molecule is Cc1cccc(C(=O)N[C@H](C(=O)NCc2ccco2)C2CCN(C(=O)c3ccc4c(c3)OCO4)CC2)c1. The van der Waals surface area contributed by atoms with E-state index in [1.54, 1.807) is 53.6 Å². The number of nitrogens with zero attached hydrogens (tertiary/aromatic N) is 1. The van der Waals surface area contributed by atoms with Crippen molar-refractivity contribution in [2.75, 3.05) is 19.9 Å². The van der Waals surface area contributed by atoms with Crippen molar-refractivity contribution in [3.63, 3.8) is 0 Å². The summed E-state index contributed by atoms with van der Waals surface area (Å²) in [6.07, 6.45) is 2.69. The molecule has 2 aliphatic rings. The van der Waals surface area contributed by atoms with Gasteiger partial charge >= 0.3 is 0 Å². The van der Waals surface area contributed by atoms with Crippen LogP contribution in [0, 0.1) is 12.8 Å². The zero-order valence-corrected chi connectivity index (χ0v) is 20.6. The van der Waals surface area contributed by atoms with E-state index in [2.05, 4.69) is 10.6 Å². The largest absolute Gasteiger partial charge is 0.467 e. The third-order valence-electron chi connectivity index (χ3n) is 6.78. The molecule has 0 radical (unpaired) electrons. The van der Waals surface area contributed by atoms with Gasteiger partial charge < -0.3 is 29.4 Å². The number of piperidine rings is 1. The van der Waals surface area contributed by atoms with Crippen molar-refractivity contribution in [2.24, 2.45) is 5.92 Å². The van der Waals surface area contributed by atoms with Gasteiger partial charge in [0.15, 0.2) is 11.5 Å². The lowest BCUT2D eigenvalue weighted by molar-refractivity contribution is -0.124. The van der Waals surface area contributed by atoms with E-state index in [0.29, 0.717) is 54.3 Å². The van der Waals surface area contributed by atoms with Crippen LogP contribution in [-0.2, 0) is 11.3 Å². The number of rotatable bonds is 7. The summed E-state index contributed by atoms with van der Waals surface area (Å²) in [6.45, 7) is 3.23. The lowest BCUT2D eigenvalue weighted by Crippen LogP contribution is -2.53. The summed E-state index contributed by atoms with van der Waals surface area (Å²) in [5, 5.41) is 5.83. The molecule has 3 amide bonds. The van der Waals surface area contributed by atoms with Gasteiger partial charge in [-0.25, -0.2) is 0 Å². The molecule has 1 aromatic heterocycles. The Morgan fingerprint density at radius 1 is 0.973 bits per heavy atom. The van der Waals surface area contributed by atoms with Gasteiger partial charge in [0.05, 0.1) is 12.8 Å². The maximum atomic E-state index is 13.2. The van der Waals surface area contributed by atoms with Gasteiger partial charge in [0.25, 0.3) is 11.8 Å². The number of benzene rings is 2.